The lowest BCUT2D eigenvalue weighted by Gasteiger charge is -2.17. The molecule has 0 saturated heterocycles. The van der Waals surface area contributed by atoms with Crippen LogP contribution in [-0.2, 0) is 0 Å². The molecule has 88 valence electrons. The second kappa shape index (κ2) is 5.55. The number of hydrogen-bond acceptors (Lipinski definition) is 2. The SMILES string of the molecule is CNCCN(C)C(=O)c1c(F)cccc1F. The highest BCUT2D eigenvalue weighted by atomic mass is 19.1. The van der Waals surface area contributed by atoms with Crippen molar-refractivity contribution in [2.45, 2.75) is 0 Å². The van der Waals surface area contributed by atoms with Gasteiger partial charge in [0.15, 0.2) is 0 Å². The van der Waals surface area contributed by atoms with Crippen LogP contribution < -0.4 is 5.32 Å². The highest BCUT2D eigenvalue weighted by Crippen LogP contribution is 2.13. The van der Waals surface area contributed by atoms with Crippen molar-refractivity contribution in [3.05, 3.63) is 35.4 Å². The van der Waals surface area contributed by atoms with E-state index in [-0.39, 0.29) is 0 Å². The number of amides is 1. The van der Waals surface area contributed by atoms with Crippen LogP contribution in [0.5, 0.6) is 0 Å². The third kappa shape index (κ3) is 2.76. The van der Waals surface area contributed by atoms with E-state index in [0.717, 1.165) is 12.1 Å². The predicted molar refractivity (Wildman–Crippen MR) is 57.2 cm³/mol. The number of carbonyl (C=O) groups excluding carboxylic acids is 1. The summed E-state index contributed by atoms with van der Waals surface area (Å²) in [5.74, 6) is -2.31. The smallest absolute Gasteiger partial charge is 0.259 e. The van der Waals surface area contributed by atoms with Crippen molar-refractivity contribution in [1.29, 1.82) is 0 Å². The van der Waals surface area contributed by atoms with E-state index in [1.165, 1.54) is 18.0 Å². The Kier molecular flexibility index (Phi) is 4.37. The third-order valence-electron chi connectivity index (χ3n) is 2.22. The number of carbonyl (C=O) groups is 1. The van der Waals surface area contributed by atoms with Crippen LogP contribution in [0.25, 0.3) is 0 Å². The molecule has 0 atom stereocenters. The van der Waals surface area contributed by atoms with Gasteiger partial charge in [-0.1, -0.05) is 6.07 Å². The van der Waals surface area contributed by atoms with Crippen LogP contribution >= 0.6 is 0 Å². The Morgan fingerprint density at radius 3 is 2.44 bits per heavy atom. The molecule has 1 aromatic rings. The van der Waals surface area contributed by atoms with Gasteiger partial charge in [-0.3, -0.25) is 4.79 Å². The predicted octanol–water partition coefficient (Wildman–Crippen LogP) is 1.26. The number of hydrogen-bond donors (Lipinski definition) is 1. The van der Waals surface area contributed by atoms with Crippen LogP contribution in [0, 0.1) is 11.6 Å². The molecular formula is C11H14F2N2O. The molecule has 0 radical (unpaired) electrons. The molecule has 0 aliphatic rings. The maximum absolute atomic E-state index is 13.3. The van der Waals surface area contributed by atoms with Crippen molar-refractivity contribution in [2.24, 2.45) is 0 Å². The highest BCUT2D eigenvalue weighted by Gasteiger charge is 2.19. The average molecular weight is 228 g/mol. The van der Waals surface area contributed by atoms with Crippen LogP contribution in [0.15, 0.2) is 18.2 Å². The number of nitrogens with zero attached hydrogens (tertiary/aromatic N) is 1. The zero-order valence-corrected chi connectivity index (χ0v) is 9.26. The fourth-order valence-corrected chi connectivity index (χ4v) is 1.27. The summed E-state index contributed by atoms with van der Waals surface area (Å²) in [6.07, 6.45) is 0. The van der Waals surface area contributed by atoms with Crippen molar-refractivity contribution >= 4 is 5.91 Å². The van der Waals surface area contributed by atoms with Gasteiger partial charge in [0.1, 0.15) is 17.2 Å². The lowest BCUT2D eigenvalue weighted by molar-refractivity contribution is 0.0787. The molecule has 0 bridgehead atoms. The zero-order valence-electron chi connectivity index (χ0n) is 9.26. The Hall–Kier alpha value is -1.49. The Balaban J connectivity index is 2.87. The van der Waals surface area contributed by atoms with Gasteiger partial charge in [-0.25, -0.2) is 8.78 Å². The maximum Gasteiger partial charge on any atom is 0.259 e. The van der Waals surface area contributed by atoms with Crippen molar-refractivity contribution in [3.63, 3.8) is 0 Å². The summed E-state index contributed by atoms with van der Waals surface area (Å²) in [5.41, 5.74) is -0.499. The second-order valence-corrected chi connectivity index (χ2v) is 3.43. The first-order chi connectivity index (χ1) is 7.57. The molecule has 0 aromatic heterocycles. The van der Waals surface area contributed by atoms with Crippen LogP contribution in [0.3, 0.4) is 0 Å². The monoisotopic (exact) mass is 228 g/mol. The van der Waals surface area contributed by atoms with Gasteiger partial charge in [0, 0.05) is 20.1 Å². The van der Waals surface area contributed by atoms with Crippen LogP contribution in [0.4, 0.5) is 8.78 Å². The Morgan fingerprint density at radius 2 is 1.94 bits per heavy atom. The molecule has 3 nitrogen and oxygen atoms in total. The van der Waals surface area contributed by atoms with E-state index in [1.807, 2.05) is 0 Å². The Labute approximate surface area is 93.1 Å². The summed E-state index contributed by atoms with van der Waals surface area (Å²) in [7, 11) is 3.24. The molecule has 1 N–H and O–H groups in total. The highest BCUT2D eigenvalue weighted by molar-refractivity contribution is 5.94. The van der Waals surface area contributed by atoms with E-state index < -0.39 is 23.1 Å². The van der Waals surface area contributed by atoms with Gasteiger partial charge in [-0.15, -0.1) is 0 Å². The number of benzene rings is 1. The lowest BCUT2D eigenvalue weighted by atomic mass is 10.1. The van der Waals surface area contributed by atoms with Gasteiger partial charge in [-0.05, 0) is 19.2 Å². The molecule has 1 aromatic carbocycles. The fraction of sp³-hybridized carbons (Fsp3) is 0.364. The van der Waals surface area contributed by atoms with Crippen LogP contribution in [0.1, 0.15) is 10.4 Å². The minimum absolute atomic E-state index is 0.392. The Bertz CT molecular complexity index is 362. The number of halogens is 2. The molecule has 0 fully saturated rings. The topological polar surface area (TPSA) is 32.3 Å². The fourth-order valence-electron chi connectivity index (χ4n) is 1.27. The number of rotatable bonds is 4. The van der Waals surface area contributed by atoms with Crippen LogP contribution in [0.2, 0.25) is 0 Å². The van der Waals surface area contributed by atoms with Crippen molar-refractivity contribution < 1.29 is 13.6 Å². The summed E-state index contributed by atoms with van der Waals surface area (Å²) < 4.78 is 26.6. The van der Waals surface area contributed by atoms with Gasteiger partial charge in [0.2, 0.25) is 0 Å². The molecule has 0 heterocycles. The van der Waals surface area contributed by atoms with E-state index in [4.69, 9.17) is 0 Å². The van der Waals surface area contributed by atoms with Gasteiger partial charge in [0.25, 0.3) is 5.91 Å². The Morgan fingerprint density at radius 1 is 1.38 bits per heavy atom. The second-order valence-electron chi connectivity index (χ2n) is 3.43. The first-order valence-corrected chi connectivity index (χ1v) is 4.92. The van der Waals surface area contributed by atoms with Gasteiger partial charge >= 0.3 is 0 Å². The molecule has 16 heavy (non-hydrogen) atoms. The summed E-state index contributed by atoms with van der Waals surface area (Å²) in [6.45, 7) is 0.960. The minimum Gasteiger partial charge on any atom is -0.340 e. The van der Waals surface area contributed by atoms with Gasteiger partial charge < -0.3 is 10.2 Å². The lowest BCUT2D eigenvalue weighted by Crippen LogP contribution is -2.33. The maximum atomic E-state index is 13.3. The van der Waals surface area contributed by atoms with Gasteiger partial charge in [-0.2, -0.15) is 0 Å². The quantitative estimate of drug-likeness (QED) is 0.841. The summed E-state index contributed by atoms with van der Waals surface area (Å²) in [5, 5.41) is 2.85. The molecule has 0 aliphatic carbocycles. The molecular weight excluding hydrogens is 214 g/mol. The van der Waals surface area contributed by atoms with E-state index in [1.54, 1.807) is 7.05 Å². The molecule has 0 aliphatic heterocycles. The minimum atomic E-state index is -0.832. The van der Waals surface area contributed by atoms with E-state index in [0.29, 0.717) is 13.1 Å². The number of likely N-dealkylation sites (N-methyl/N-ethyl adjacent to an activating group) is 2. The van der Waals surface area contributed by atoms with E-state index >= 15 is 0 Å². The summed E-state index contributed by atoms with van der Waals surface area (Å²) >= 11 is 0. The average Bonchev–Trinajstić information content (AvgIpc) is 2.25. The first-order valence-electron chi connectivity index (χ1n) is 4.92. The summed E-state index contributed by atoms with van der Waals surface area (Å²) in [6, 6.07) is 3.37. The molecule has 1 amide bonds. The van der Waals surface area contributed by atoms with E-state index in [2.05, 4.69) is 5.32 Å². The molecule has 0 saturated carbocycles. The van der Waals surface area contributed by atoms with Crippen molar-refractivity contribution in [3.8, 4) is 0 Å². The summed E-state index contributed by atoms with van der Waals surface area (Å²) in [4.78, 5) is 13.0. The molecule has 0 spiro atoms. The number of nitrogens with one attached hydrogen (secondary N) is 1. The molecule has 5 heteroatoms. The largest absolute Gasteiger partial charge is 0.340 e. The molecule has 0 unspecified atom stereocenters. The zero-order chi connectivity index (χ0) is 12.1. The van der Waals surface area contributed by atoms with Crippen molar-refractivity contribution in [1.82, 2.24) is 10.2 Å². The normalized spacial score (nSPS) is 10.2. The van der Waals surface area contributed by atoms with Crippen LogP contribution in [-0.4, -0.2) is 38.0 Å². The van der Waals surface area contributed by atoms with Crippen molar-refractivity contribution in [2.75, 3.05) is 27.2 Å². The third-order valence-corrected chi connectivity index (χ3v) is 2.22. The standard InChI is InChI=1S/C11H14F2N2O/c1-14-6-7-15(2)11(16)10-8(12)4-3-5-9(10)13/h3-5,14H,6-7H2,1-2H3. The first kappa shape index (κ1) is 12.6. The molecule has 1 rings (SSSR count). The van der Waals surface area contributed by atoms with Gasteiger partial charge in [0.05, 0.1) is 0 Å². The van der Waals surface area contributed by atoms with E-state index in [9.17, 15) is 13.6 Å².